The molecule has 2 rings (SSSR count). The molecular formula is C10H6BrFN2OS. The number of carbonyl (C=O) groups excluding carboxylic acids is 1. The molecule has 1 amide bonds. The van der Waals surface area contributed by atoms with Crippen LogP contribution in [0.1, 0.15) is 9.67 Å². The Labute approximate surface area is 103 Å². The molecule has 0 fully saturated rings. The molecule has 2 aromatic heterocycles. The number of nitrogens with zero attached hydrogens (tertiary/aromatic N) is 1. The summed E-state index contributed by atoms with van der Waals surface area (Å²) >= 11 is 4.46. The second-order valence-electron chi connectivity index (χ2n) is 2.92. The van der Waals surface area contributed by atoms with Gasteiger partial charge in [0, 0.05) is 0 Å². The Bertz CT molecular complexity index is 516. The molecule has 16 heavy (non-hydrogen) atoms. The summed E-state index contributed by atoms with van der Waals surface area (Å²) in [5.41, 5.74) is 0. The van der Waals surface area contributed by atoms with Crippen LogP contribution in [-0.4, -0.2) is 10.9 Å². The normalized spacial score (nSPS) is 10.1. The number of rotatable bonds is 2. The molecule has 82 valence electrons. The summed E-state index contributed by atoms with van der Waals surface area (Å²) in [7, 11) is 0. The third-order valence-corrected chi connectivity index (χ3v) is 3.26. The first kappa shape index (κ1) is 11.2. The summed E-state index contributed by atoms with van der Waals surface area (Å²) in [6, 6.07) is 4.74. The van der Waals surface area contributed by atoms with Crippen LogP contribution in [0.5, 0.6) is 0 Å². The summed E-state index contributed by atoms with van der Waals surface area (Å²) in [4.78, 5) is 16.0. The molecule has 0 aromatic carbocycles. The number of amides is 1. The average Bonchev–Trinajstić information content (AvgIpc) is 2.75. The predicted molar refractivity (Wildman–Crippen MR) is 64.2 cm³/mol. The first-order valence-electron chi connectivity index (χ1n) is 4.33. The van der Waals surface area contributed by atoms with Crippen LogP contribution in [0.15, 0.2) is 34.2 Å². The molecule has 0 aliphatic rings. The van der Waals surface area contributed by atoms with Crippen LogP contribution < -0.4 is 5.32 Å². The number of aromatic nitrogens is 1. The molecule has 0 atom stereocenters. The van der Waals surface area contributed by atoms with E-state index in [1.54, 1.807) is 12.1 Å². The molecule has 0 aliphatic heterocycles. The van der Waals surface area contributed by atoms with Gasteiger partial charge in [-0.2, -0.15) is 0 Å². The second kappa shape index (κ2) is 4.71. The van der Waals surface area contributed by atoms with Gasteiger partial charge in [0.2, 0.25) is 0 Å². The highest BCUT2D eigenvalue weighted by Gasteiger charge is 2.10. The Morgan fingerprint density at radius 3 is 3.00 bits per heavy atom. The molecule has 0 unspecified atom stereocenters. The topological polar surface area (TPSA) is 42.0 Å². The van der Waals surface area contributed by atoms with Crippen LogP contribution >= 0.6 is 27.3 Å². The smallest absolute Gasteiger partial charge is 0.266 e. The zero-order valence-corrected chi connectivity index (χ0v) is 10.3. The van der Waals surface area contributed by atoms with E-state index in [1.807, 2.05) is 5.38 Å². The Morgan fingerprint density at radius 1 is 1.56 bits per heavy atom. The summed E-state index contributed by atoms with van der Waals surface area (Å²) in [6.07, 6.45) is 1.05. The van der Waals surface area contributed by atoms with Gasteiger partial charge in [0.25, 0.3) is 5.91 Å². The van der Waals surface area contributed by atoms with E-state index in [4.69, 9.17) is 0 Å². The van der Waals surface area contributed by atoms with Crippen LogP contribution in [0, 0.1) is 5.82 Å². The van der Waals surface area contributed by atoms with Crippen molar-refractivity contribution in [2.24, 2.45) is 0 Å². The molecule has 2 aromatic rings. The minimum Gasteiger partial charge on any atom is -0.305 e. The van der Waals surface area contributed by atoms with Crippen molar-refractivity contribution in [3.63, 3.8) is 0 Å². The molecule has 0 aliphatic carbocycles. The number of hydrogen-bond acceptors (Lipinski definition) is 3. The monoisotopic (exact) mass is 300 g/mol. The number of carbonyl (C=O) groups is 1. The number of hydrogen-bond donors (Lipinski definition) is 1. The van der Waals surface area contributed by atoms with Gasteiger partial charge in [-0.05, 0) is 33.4 Å². The third-order valence-electron chi connectivity index (χ3n) is 1.78. The molecule has 2 heterocycles. The fourth-order valence-corrected chi connectivity index (χ4v) is 2.12. The van der Waals surface area contributed by atoms with E-state index in [2.05, 4.69) is 26.2 Å². The Balaban J connectivity index is 2.18. The van der Waals surface area contributed by atoms with Crippen molar-refractivity contribution in [2.75, 3.05) is 5.32 Å². The van der Waals surface area contributed by atoms with Gasteiger partial charge < -0.3 is 5.32 Å². The van der Waals surface area contributed by atoms with Gasteiger partial charge in [0.15, 0.2) is 0 Å². The van der Waals surface area contributed by atoms with Crippen molar-refractivity contribution in [1.82, 2.24) is 4.98 Å². The number of pyridine rings is 1. The molecule has 0 saturated heterocycles. The zero-order chi connectivity index (χ0) is 11.5. The fourth-order valence-electron chi connectivity index (χ4n) is 1.08. The van der Waals surface area contributed by atoms with E-state index in [0.717, 1.165) is 6.20 Å². The van der Waals surface area contributed by atoms with Gasteiger partial charge in [-0.3, -0.25) is 4.79 Å². The van der Waals surface area contributed by atoms with Crippen LogP contribution in [0.4, 0.5) is 10.2 Å². The van der Waals surface area contributed by atoms with Gasteiger partial charge >= 0.3 is 0 Å². The van der Waals surface area contributed by atoms with Gasteiger partial charge in [-0.1, -0.05) is 6.07 Å². The van der Waals surface area contributed by atoms with Crippen molar-refractivity contribution in [3.8, 4) is 0 Å². The Kier molecular flexibility index (Phi) is 3.31. The van der Waals surface area contributed by atoms with E-state index < -0.39 is 5.82 Å². The van der Waals surface area contributed by atoms with E-state index >= 15 is 0 Å². The quantitative estimate of drug-likeness (QED) is 0.924. The van der Waals surface area contributed by atoms with Gasteiger partial charge in [-0.25, -0.2) is 9.37 Å². The average molecular weight is 301 g/mol. The minimum absolute atomic E-state index is 0.255. The van der Waals surface area contributed by atoms with Crippen molar-refractivity contribution < 1.29 is 9.18 Å². The zero-order valence-electron chi connectivity index (χ0n) is 7.91. The lowest BCUT2D eigenvalue weighted by Gasteiger charge is -2.04. The Hall–Kier alpha value is -1.27. The number of nitrogens with one attached hydrogen (secondary N) is 1. The molecule has 1 N–H and O–H groups in total. The summed E-state index contributed by atoms with van der Waals surface area (Å²) < 4.78 is 13.2. The molecule has 6 heteroatoms. The lowest BCUT2D eigenvalue weighted by Crippen LogP contribution is -2.11. The van der Waals surface area contributed by atoms with E-state index in [1.165, 1.54) is 17.4 Å². The highest BCUT2D eigenvalue weighted by Crippen LogP contribution is 2.21. The first-order chi connectivity index (χ1) is 7.66. The van der Waals surface area contributed by atoms with E-state index in [9.17, 15) is 9.18 Å². The molecular weight excluding hydrogens is 295 g/mol. The number of anilines is 1. The summed E-state index contributed by atoms with van der Waals surface area (Å²) in [6.45, 7) is 0. The van der Waals surface area contributed by atoms with E-state index in [0.29, 0.717) is 15.2 Å². The standard InChI is InChI=1S/C10H6BrFN2OS/c11-7-4-6(12)5-13-9(7)14-10(15)8-2-1-3-16-8/h1-5H,(H,13,14,15). The van der Waals surface area contributed by atoms with Crippen molar-refractivity contribution >= 4 is 39.0 Å². The van der Waals surface area contributed by atoms with Crippen LogP contribution in [0.25, 0.3) is 0 Å². The van der Waals surface area contributed by atoms with Crippen LogP contribution in [0.3, 0.4) is 0 Å². The SMILES string of the molecule is O=C(Nc1ncc(F)cc1Br)c1cccs1. The van der Waals surface area contributed by atoms with E-state index in [-0.39, 0.29) is 5.91 Å². The maximum Gasteiger partial charge on any atom is 0.266 e. The van der Waals surface area contributed by atoms with Gasteiger partial charge in [0.05, 0.1) is 15.5 Å². The van der Waals surface area contributed by atoms with Crippen molar-refractivity contribution in [2.45, 2.75) is 0 Å². The number of halogens is 2. The molecule has 3 nitrogen and oxygen atoms in total. The number of thiophene rings is 1. The molecule has 0 bridgehead atoms. The maximum absolute atomic E-state index is 12.8. The molecule has 0 radical (unpaired) electrons. The predicted octanol–water partition coefficient (Wildman–Crippen LogP) is 3.30. The highest BCUT2D eigenvalue weighted by atomic mass is 79.9. The largest absolute Gasteiger partial charge is 0.305 e. The van der Waals surface area contributed by atoms with Crippen molar-refractivity contribution in [1.29, 1.82) is 0 Å². The lowest BCUT2D eigenvalue weighted by atomic mass is 10.4. The second-order valence-corrected chi connectivity index (χ2v) is 4.72. The molecule has 0 saturated carbocycles. The van der Waals surface area contributed by atoms with Crippen LogP contribution in [0.2, 0.25) is 0 Å². The van der Waals surface area contributed by atoms with Crippen molar-refractivity contribution in [3.05, 3.63) is 44.9 Å². The maximum atomic E-state index is 12.8. The summed E-state index contributed by atoms with van der Waals surface area (Å²) in [5, 5.41) is 4.39. The first-order valence-corrected chi connectivity index (χ1v) is 6.00. The van der Waals surface area contributed by atoms with Gasteiger partial charge in [0.1, 0.15) is 11.6 Å². The highest BCUT2D eigenvalue weighted by molar-refractivity contribution is 9.10. The lowest BCUT2D eigenvalue weighted by molar-refractivity contribution is 0.103. The van der Waals surface area contributed by atoms with Crippen LogP contribution in [-0.2, 0) is 0 Å². The summed E-state index contributed by atoms with van der Waals surface area (Å²) in [5.74, 6) is -0.407. The van der Waals surface area contributed by atoms with Gasteiger partial charge in [-0.15, -0.1) is 11.3 Å². The third kappa shape index (κ3) is 2.45. The molecule has 0 spiro atoms. The Morgan fingerprint density at radius 2 is 2.38 bits per heavy atom. The fraction of sp³-hybridized carbons (Fsp3) is 0. The minimum atomic E-state index is -0.457.